The van der Waals surface area contributed by atoms with E-state index in [-0.39, 0.29) is 0 Å². The molecule has 0 aromatic heterocycles. The third-order valence-corrected chi connectivity index (χ3v) is 6.20. The van der Waals surface area contributed by atoms with Gasteiger partial charge < -0.3 is 20.6 Å². The van der Waals surface area contributed by atoms with Crippen molar-refractivity contribution in [2.75, 3.05) is 38.2 Å². The smallest absolute Gasteiger partial charge is 0.225 e. The Hall–Kier alpha value is -0.950. The maximum Gasteiger partial charge on any atom is 0.225 e. The molecule has 7 heteroatoms. The van der Waals surface area contributed by atoms with E-state index in [2.05, 4.69) is 15.6 Å². The third-order valence-electron chi connectivity index (χ3n) is 4.97. The first-order valence-electron chi connectivity index (χ1n) is 8.66. The van der Waals surface area contributed by atoms with Crippen molar-refractivity contribution in [2.45, 2.75) is 43.7 Å². The monoisotopic (exact) mass is 340 g/mol. The van der Waals surface area contributed by atoms with Gasteiger partial charge in [-0.05, 0) is 37.9 Å². The summed E-state index contributed by atoms with van der Waals surface area (Å²) in [6.07, 6.45) is 4.91. The van der Waals surface area contributed by atoms with Crippen LogP contribution in [-0.2, 0) is 4.79 Å². The fourth-order valence-corrected chi connectivity index (χ4v) is 4.50. The van der Waals surface area contributed by atoms with E-state index in [1.807, 2.05) is 4.90 Å². The van der Waals surface area contributed by atoms with Crippen LogP contribution in [0.5, 0.6) is 0 Å². The Kier molecular flexibility index (Phi) is 5.36. The van der Waals surface area contributed by atoms with E-state index in [1.165, 1.54) is 0 Å². The molecule has 130 valence electrons. The number of aliphatic imine (C=N–C) groups is 1. The molecule has 23 heavy (non-hydrogen) atoms. The van der Waals surface area contributed by atoms with Gasteiger partial charge in [0.15, 0.2) is 5.96 Å². The maximum absolute atomic E-state index is 12.1. The van der Waals surface area contributed by atoms with Crippen LogP contribution in [0.15, 0.2) is 4.99 Å². The van der Waals surface area contributed by atoms with Gasteiger partial charge in [0, 0.05) is 44.4 Å². The second-order valence-electron chi connectivity index (χ2n) is 6.97. The molecule has 2 saturated heterocycles. The number of carbonyl (C=O) groups is 1. The zero-order chi connectivity index (χ0) is 16.3. The van der Waals surface area contributed by atoms with Crippen LogP contribution in [-0.4, -0.2) is 71.7 Å². The average Bonchev–Trinajstić information content (AvgIpc) is 3.33. The molecule has 0 spiro atoms. The van der Waals surface area contributed by atoms with Crippen LogP contribution in [0.25, 0.3) is 0 Å². The summed E-state index contributed by atoms with van der Waals surface area (Å²) >= 11 is 1.80. The number of carbonyl (C=O) groups excluding carboxylic acids is 1. The van der Waals surface area contributed by atoms with Gasteiger partial charge in [0.1, 0.15) is 0 Å². The number of rotatable bonds is 4. The van der Waals surface area contributed by atoms with Gasteiger partial charge in [-0.25, -0.2) is 0 Å². The Morgan fingerprint density at radius 1 is 1.35 bits per heavy atom. The number of thioether (sulfide) groups is 1. The Morgan fingerprint density at radius 2 is 2.09 bits per heavy atom. The first kappa shape index (κ1) is 16.9. The van der Waals surface area contributed by atoms with E-state index < -0.39 is 5.60 Å². The topological polar surface area (TPSA) is 77.0 Å². The highest BCUT2D eigenvalue weighted by molar-refractivity contribution is 7.99. The third kappa shape index (κ3) is 4.53. The van der Waals surface area contributed by atoms with Crippen molar-refractivity contribution in [3.05, 3.63) is 0 Å². The Balaban J connectivity index is 1.40. The largest absolute Gasteiger partial charge is 0.387 e. The summed E-state index contributed by atoms with van der Waals surface area (Å²) in [6, 6.07) is 0.344. The molecule has 1 unspecified atom stereocenters. The molecule has 1 amide bonds. The maximum atomic E-state index is 12.1. The second-order valence-corrected chi connectivity index (χ2v) is 8.08. The standard InChI is InChI=1S/C16H28N4O2S/c1-17-15(18-10-16(22)6-9-23-11-16)19-13-4-7-20(8-5-13)14(21)12-2-3-12/h12-13,22H,2-11H2,1H3,(H2,17,18,19). The number of nitrogens with one attached hydrogen (secondary N) is 2. The van der Waals surface area contributed by atoms with E-state index in [1.54, 1.807) is 18.8 Å². The van der Waals surface area contributed by atoms with Gasteiger partial charge in [-0.3, -0.25) is 9.79 Å². The molecule has 3 N–H and O–H groups in total. The number of hydrogen-bond donors (Lipinski definition) is 3. The second kappa shape index (κ2) is 7.30. The van der Waals surface area contributed by atoms with Crippen LogP contribution in [0.4, 0.5) is 0 Å². The Bertz CT molecular complexity index is 453. The Labute approximate surface area is 142 Å². The fourth-order valence-electron chi connectivity index (χ4n) is 3.20. The molecule has 1 atom stereocenters. The van der Waals surface area contributed by atoms with Crippen molar-refractivity contribution < 1.29 is 9.90 Å². The van der Waals surface area contributed by atoms with Crippen molar-refractivity contribution in [1.29, 1.82) is 0 Å². The number of likely N-dealkylation sites (tertiary alicyclic amines) is 1. The summed E-state index contributed by atoms with van der Waals surface area (Å²) in [5, 5.41) is 17.1. The minimum atomic E-state index is -0.609. The number of piperidine rings is 1. The molecule has 2 aliphatic heterocycles. The lowest BCUT2D eigenvalue weighted by Crippen LogP contribution is -2.52. The molecule has 0 aromatic carbocycles. The van der Waals surface area contributed by atoms with Crippen molar-refractivity contribution in [1.82, 2.24) is 15.5 Å². The highest BCUT2D eigenvalue weighted by atomic mass is 32.2. The number of nitrogens with zero attached hydrogens (tertiary/aromatic N) is 2. The zero-order valence-corrected chi connectivity index (χ0v) is 14.7. The highest BCUT2D eigenvalue weighted by Crippen LogP contribution is 2.32. The van der Waals surface area contributed by atoms with Gasteiger partial charge in [0.05, 0.1) is 5.60 Å². The SMILES string of the molecule is CN=C(NCC1(O)CCSC1)NC1CCN(C(=O)C2CC2)CC1. The normalized spacial score (nSPS) is 29.7. The summed E-state index contributed by atoms with van der Waals surface area (Å²) in [5.74, 6) is 3.24. The number of amides is 1. The van der Waals surface area contributed by atoms with Crippen molar-refractivity contribution in [3.8, 4) is 0 Å². The first-order chi connectivity index (χ1) is 11.1. The molecule has 3 rings (SSSR count). The molecular formula is C16H28N4O2S. The zero-order valence-electron chi connectivity index (χ0n) is 13.9. The van der Waals surface area contributed by atoms with E-state index in [0.717, 1.165) is 62.7 Å². The van der Waals surface area contributed by atoms with Gasteiger partial charge >= 0.3 is 0 Å². The van der Waals surface area contributed by atoms with Crippen LogP contribution in [0.1, 0.15) is 32.1 Å². The predicted octanol–water partition coefficient (Wildman–Crippen LogP) is 0.420. The summed E-state index contributed by atoms with van der Waals surface area (Å²) in [6.45, 7) is 2.22. The Morgan fingerprint density at radius 3 is 2.65 bits per heavy atom. The quantitative estimate of drug-likeness (QED) is 0.511. The first-order valence-corrected chi connectivity index (χ1v) is 9.81. The van der Waals surface area contributed by atoms with Gasteiger partial charge in [-0.1, -0.05) is 0 Å². The summed E-state index contributed by atoms with van der Waals surface area (Å²) < 4.78 is 0. The van der Waals surface area contributed by atoms with Crippen LogP contribution in [0.2, 0.25) is 0 Å². The molecule has 3 aliphatic rings. The molecule has 1 aliphatic carbocycles. The highest BCUT2D eigenvalue weighted by Gasteiger charge is 2.35. The number of aliphatic hydroxyl groups is 1. The number of guanidine groups is 1. The molecule has 6 nitrogen and oxygen atoms in total. The van der Waals surface area contributed by atoms with E-state index >= 15 is 0 Å². The lowest BCUT2D eigenvalue weighted by Gasteiger charge is -2.33. The lowest BCUT2D eigenvalue weighted by atomic mass is 10.0. The van der Waals surface area contributed by atoms with Crippen molar-refractivity contribution in [2.24, 2.45) is 10.9 Å². The van der Waals surface area contributed by atoms with Crippen LogP contribution >= 0.6 is 11.8 Å². The minimum Gasteiger partial charge on any atom is -0.387 e. The van der Waals surface area contributed by atoms with Gasteiger partial charge in [0.25, 0.3) is 0 Å². The summed E-state index contributed by atoms with van der Waals surface area (Å²) in [5.41, 5.74) is -0.609. The fraction of sp³-hybridized carbons (Fsp3) is 0.875. The molecule has 2 heterocycles. The molecular weight excluding hydrogens is 312 g/mol. The molecule has 0 aromatic rings. The number of hydrogen-bond acceptors (Lipinski definition) is 4. The van der Waals surface area contributed by atoms with Crippen LogP contribution < -0.4 is 10.6 Å². The van der Waals surface area contributed by atoms with E-state index in [4.69, 9.17) is 0 Å². The summed E-state index contributed by atoms with van der Waals surface area (Å²) in [4.78, 5) is 18.4. The van der Waals surface area contributed by atoms with Gasteiger partial charge in [-0.2, -0.15) is 11.8 Å². The molecule has 1 saturated carbocycles. The molecule has 0 bridgehead atoms. The van der Waals surface area contributed by atoms with E-state index in [0.29, 0.717) is 24.4 Å². The van der Waals surface area contributed by atoms with Crippen molar-refractivity contribution >= 4 is 23.6 Å². The lowest BCUT2D eigenvalue weighted by molar-refractivity contribution is -0.133. The van der Waals surface area contributed by atoms with Crippen LogP contribution in [0.3, 0.4) is 0 Å². The van der Waals surface area contributed by atoms with Crippen LogP contribution in [0, 0.1) is 5.92 Å². The average molecular weight is 340 g/mol. The van der Waals surface area contributed by atoms with Crippen molar-refractivity contribution in [3.63, 3.8) is 0 Å². The van der Waals surface area contributed by atoms with Gasteiger partial charge in [0.2, 0.25) is 5.91 Å². The van der Waals surface area contributed by atoms with Gasteiger partial charge in [-0.15, -0.1) is 0 Å². The molecule has 0 radical (unpaired) electrons. The molecule has 3 fully saturated rings. The summed E-state index contributed by atoms with van der Waals surface area (Å²) in [7, 11) is 1.76. The van der Waals surface area contributed by atoms with E-state index in [9.17, 15) is 9.90 Å². The predicted molar refractivity (Wildman–Crippen MR) is 93.7 cm³/mol. The minimum absolute atomic E-state index is 0.318.